The SMILES string of the molecule is C=C(CC=BC(C)=NC)c1ccccc1. The molecule has 76 valence electrons. The van der Waals surface area contributed by atoms with E-state index in [9.17, 15) is 0 Å². The molecule has 0 radical (unpaired) electrons. The van der Waals surface area contributed by atoms with Crippen molar-refractivity contribution in [2.45, 2.75) is 13.3 Å². The molecule has 0 aliphatic heterocycles. The third-order valence-corrected chi connectivity index (χ3v) is 2.26. The summed E-state index contributed by atoms with van der Waals surface area (Å²) in [6.45, 7) is 8.07. The molecule has 0 spiro atoms. The zero-order valence-electron chi connectivity index (χ0n) is 9.40. The van der Waals surface area contributed by atoms with Crippen LogP contribution >= 0.6 is 0 Å². The maximum atomic E-state index is 4.06. The normalized spacial score (nSPS) is 11.5. The van der Waals surface area contributed by atoms with Crippen molar-refractivity contribution in [2.75, 3.05) is 7.05 Å². The molecule has 0 saturated carbocycles. The number of benzene rings is 1. The van der Waals surface area contributed by atoms with Crippen LogP contribution in [0.4, 0.5) is 0 Å². The van der Waals surface area contributed by atoms with Crippen LogP contribution in [0.3, 0.4) is 0 Å². The van der Waals surface area contributed by atoms with Gasteiger partial charge in [-0.3, -0.25) is 0 Å². The first-order chi connectivity index (χ1) is 7.24. The van der Waals surface area contributed by atoms with Crippen molar-refractivity contribution in [1.82, 2.24) is 0 Å². The van der Waals surface area contributed by atoms with Gasteiger partial charge in [-0.15, -0.1) is 0 Å². The fourth-order valence-corrected chi connectivity index (χ4v) is 1.24. The second-order valence-corrected chi connectivity index (χ2v) is 3.44. The molecule has 15 heavy (non-hydrogen) atoms. The van der Waals surface area contributed by atoms with Crippen LogP contribution in [0.2, 0.25) is 0 Å². The number of rotatable bonds is 4. The summed E-state index contributed by atoms with van der Waals surface area (Å²) in [5.74, 6) is 2.09. The van der Waals surface area contributed by atoms with E-state index in [2.05, 4.69) is 29.7 Å². The van der Waals surface area contributed by atoms with Crippen LogP contribution in [0, 0.1) is 0 Å². The average molecular weight is 197 g/mol. The van der Waals surface area contributed by atoms with Crippen LogP contribution in [0.1, 0.15) is 18.9 Å². The first-order valence-electron chi connectivity index (χ1n) is 5.07. The van der Waals surface area contributed by atoms with Crippen LogP contribution in [0.25, 0.3) is 5.57 Å². The first kappa shape index (κ1) is 11.6. The van der Waals surface area contributed by atoms with E-state index in [0.29, 0.717) is 0 Å². The second-order valence-electron chi connectivity index (χ2n) is 3.44. The maximum absolute atomic E-state index is 4.06. The van der Waals surface area contributed by atoms with Gasteiger partial charge in [-0.05, 0) is 0 Å². The summed E-state index contributed by atoms with van der Waals surface area (Å²) in [4.78, 5) is 4.06. The molecule has 0 saturated heterocycles. The van der Waals surface area contributed by atoms with Gasteiger partial charge >= 0.3 is 91.9 Å². The molecule has 0 heterocycles. The van der Waals surface area contributed by atoms with E-state index >= 15 is 0 Å². The number of nitrogens with zero attached hydrogens (tertiary/aromatic N) is 1. The molecule has 0 N–H and O–H groups in total. The summed E-state index contributed by atoms with van der Waals surface area (Å²) in [6.07, 6.45) is 0.872. The van der Waals surface area contributed by atoms with Gasteiger partial charge in [0.15, 0.2) is 0 Å². The van der Waals surface area contributed by atoms with Crippen LogP contribution in [0.5, 0.6) is 0 Å². The van der Waals surface area contributed by atoms with Crippen molar-refractivity contribution in [3.8, 4) is 0 Å². The Morgan fingerprint density at radius 1 is 1.40 bits per heavy atom. The molecule has 1 aromatic carbocycles. The molecule has 0 atom stereocenters. The van der Waals surface area contributed by atoms with E-state index in [1.54, 1.807) is 7.05 Å². The average Bonchev–Trinajstić information content (AvgIpc) is 2.29. The molecule has 0 aromatic heterocycles. The molecular formula is C13H16BN. The van der Waals surface area contributed by atoms with E-state index in [1.165, 1.54) is 5.56 Å². The Balaban J connectivity index is 2.55. The topological polar surface area (TPSA) is 12.4 Å². The Bertz CT molecular complexity index is 377. The first-order valence-corrected chi connectivity index (χ1v) is 5.07. The van der Waals surface area contributed by atoms with Crippen LogP contribution in [-0.2, 0) is 0 Å². The van der Waals surface area contributed by atoms with Gasteiger partial charge in [0.25, 0.3) is 0 Å². The standard InChI is InChI=1S/C13H16BN/c1-11(9-10-14-12(2)15-3)13-7-5-4-6-8-13/h4-8,10H,1,9H2,2-3H3. The molecule has 1 aromatic rings. The third kappa shape index (κ3) is 4.07. The molecule has 1 nitrogen and oxygen atoms in total. The quantitative estimate of drug-likeness (QED) is 0.519. The second kappa shape index (κ2) is 6.12. The molecule has 0 aliphatic rings. The predicted molar refractivity (Wildman–Crippen MR) is 70.9 cm³/mol. The predicted octanol–water partition coefficient (Wildman–Crippen LogP) is 2.64. The van der Waals surface area contributed by atoms with E-state index in [-0.39, 0.29) is 0 Å². The third-order valence-electron chi connectivity index (χ3n) is 2.26. The van der Waals surface area contributed by atoms with Gasteiger partial charge in [-0.2, -0.15) is 0 Å². The summed E-state index contributed by atoms with van der Waals surface area (Å²) in [5.41, 5.74) is 3.37. The monoisotopic (exact) mass is 197 g/mol. The Hall–Kier alpha value is -1.44. The Morgan fingerprint density at radius 2 is 2.07 bits per heavy atom. The summed E-state index contributed by atoms with van der Waals surface area (Å²) >= 11 is 0. The molecule has 0 unspecified atom stereocenters. The fourth-order valence-electron chi connectivity index (χ4n) is 1.24. The molecule has 0 aliphatic carbocycles. The molecule has 0 bridgehead atoms. The molecule has 2 heteroatoms. The van der Waals surface area contributed by atoms with Crippen LogP contribution in [0.15, 0.2) is 41.9 Å². The van der Waals surface area contributed by atoms with Crippen molar-refractivity contribution in [3.05, 3.63) is 42.5 Å². The van der Waals surface area contributed by atoms with Gasteiger partial charge < -0.3 is 0 Å². The number of hydrogen-bond donors (Lipinski definition) is 0. The van der Waals surface area contributed by atoms with Crippen molar-refractivity contribution in [2.24, 2.45) is 4.99 Å². The zero-order chi connectivity index (χ0) is 11.1. The van der Waals surface area contributed by atoms with Crippen molar-refractivity contribution >= 4 is 24.1 Å². The number of hydrogen-bond acceptors (Lipinski definition) is 1. The van der Waals surface area contributed by atoms with Crippen molar-refractivity contribution < 1.29 is 0 Å². The van der Waals surface area contributed by atoms with Gasteiger partial charge in [0.05, 0.1) is 0 Å². The molecular weight excluding hydrogens is 181 g/mol. The number of aliphatic imine (C=N–C) groups is 1. The van der Waals surface area contributed by atoms with Crippen LogP contribution in [-0.4, -0.2) is 25.5 Å². The van der Waals surface area contributed by atoms with E-state index in [4.69, 9.17) is 0 Å². The summed E-state index contributed by atoms with van der Waals surface area (Å²) < 4.78 is 0. The van der Waals surface area contributed by atoms with E-state index < -0.39 is 0 Å². The minimum atomic E-state index is 0.872. The summed E-state index contributed by atoms with van der Waals surface area (Å²) in [7, 11) is 1.80. The van der Waals surface area contributed by atoms with Gasteiger partial charge in [0.1, 0.15) is 0 Å². The van der Waals surface area contributed by atoms with E-state index in [0.717, 1.165) is 17.6 Å². The van der Waals surface area contributed by atoms with Gasteiger partial charge in [-0.25, -0.2) is 0 Å². The van der Waals surface area contributed by atoms with E-state index in [1.807, 2.05) is 32.0 Å². The van der Waals surface area contributed by atoms with Gasteiger partial charge in [0.2, 0.25) is 0 Å². The zero-order valence-corrected chi connectivity index (χ0v) is 9.40. The Morgan fingerprint density at radius 3 is 2.67 bits per heavy atom. The Kier molecular flexibility index (Phi) is 4.75. The number of allylic oxidation sites excluding steroid dienone is 1. The van der Waals surface area contributed by atoms with Crippen molar-refractivity contribution in [3.63, 3.8) is 0 Å². The summed E-state index contributed by atoms with van der Waals surface area (Å²) in [6, 6.07) is 10.2. The van der Waals surface area contributed by atoms with Crippen LogP contribution < -0.4 is 0 Å². The molecule has 1 rings (SSSR count). The fraction of sp³-hybridized carbons (Fsp3) is 0.231. The summed E-state index contributed by atoms with van der Waals surface area (Å²) in [5, 5.41) is 0. The van der Waals surface area contributed by atoms with Gasteiger partial charge in [-0.1, -0.05) is 0 Å². The molecule has 0 fully saturated rings. The van der Waals surface area contributed by atoms with Crippen molar-refractivity contribution in [1.29, 1.82) is 0 Å². The molecule has 0 amide bonds. The van der Waals surface area contributed by atoms with Gasteiger partial charge in [0, 0.05) is 0 Å². The Labute approximate surface area is 92.5 Å². The minimum absolute atomic E-state index is 0.872.